The summed E-state index contributed by atoms with van der Waals surface area (Å²) in [6.07, 6.45) is -0.330. The maximum Gasteiger partial charge on any atom is 0.409 e. The molecule has 0 radical (unpaired) electrons. The van der Waals surface area contributed by atoms with Crippen LogP contribution < -0.4 is 4.74 Å². The molecule has 0 N–H and O–H groups in total. The number of ether oxygens (including phenoxy) is 3. The molecule has 0 bridgehead atoms. The number of carbonyl (C=O) groups excluding carboxylic acids is 2. The Kier molecular flexibility index (Phi) is 7.69. The molecule has 0 unspecified atom stereocenters. The summed E-state index contributed by atoms with van der Waals surface area (Å²) < 4.78 is 18.5. The molecule has 1 aliphatic heterocycles. The van der Waals surface area contributed by atoms with Crippen LogP contribution in [-0.4, -0.2) is 72.9 Å². The lowest BCUT2D eigenvalue weighted by molar-refractivity contribution is 0.0561. The number of hydrogen-bond donors (Lipinski definition) is 0. The topological polar surface area (TPSA) is 73.2 Å². The number of methoxy groups -OCH3 is 1. The first-order valence-corrected chi connectivity index (χ1v) is 11.6. The molecule has 4 rings (SSSR count). The minimum absolute atomic E-state index is 0.0650. The largest absolute Gasteiger partial charge is 0.488 e. The van der Waals surface area contributed by atoms with E-state index in [1.165, 1.54) is 0 Å². The summed E-state index contributed by atoms with van der Waals surface area (Å²) in [4.78, 5) is 29.0. The van der Waals surface area contributed by atoms with Crippen LogP contribution in [0.2, 0.25) is 0 Å². The van der Waals surface area contributed by atoms with Crippen molar-refractivity contribution in [2.24, 2.45) is 0 Å². The monoisotopic (exact) mass is 465 g/mol. The zero-order valence-electron chi connectivity index (χ0n) is 19.7. The minimum atomic E-state index is -0.330. The van der Waals surface area contributed by atoms with Gasteiger partial charge in [-0.15, -0.1) is 0 Å². The zero-order chi connectivity index (χ0) is 23.9. The highest BCUT2D eigenvalue weighted by Gasteiger charge is 2.28. The molecule has 34 heavy (non-hydrogen) atoms. The molecule has 2 amide bonds. The number of aromatic nitrogens is 1. The number of piperazine rings is 1. The molecular formula is C26H31N3O5. The molecule has 8 heteroatoms. The van der Waals surface area contributed by atoms with Gasteiger partial charge in [-0.25, -0.2) is 4.79 Å². The Balaban J connectivity index is 1.57. The Labute approximate surface area is 199 Å². The van der Waals surface area contributed by atoms with E-state index in [1.807, 2.05) is 59.2 Å². The zero-order valence-corrected chi connectivity index (χ0v) is 19.7. The van der Waals surface area contributed by atoms with Crippen LogP contribution in [0.4, 0.5) is 4.79 Å². The number of benzene rings is 2. The molecule has 180 valence electrons. The molecule has 0 spiro atoms. The number of rotatable bonds is 8. The fourth-order valence-electron chi connectivity index (χ4n) is 4.19. The highest BCUT2D eigenvalue weighted by molar-refractivity contribution is 6.00. The van der Waals surface area contributed by atoms with Crippen LogP contribution in [-0.2, 0) is 22.6 Å². The Bertz CT molecular complexity index is 1120. The molecule has 1 aliphatic rings. The Morgan fingerprint density at radius 1 is 0.941 bits per heavy atom. The second-order valence-corrected chi connectivity index (χ2v) is 8.12. The van der Waals surface area contributed by atoms with Gasteiger partial charge in [0.25, 0.3) is 5.91 Å². The molecule has 0 saturated carbocycles. The van der Waals surface area contributed by atoms with Gasteiger partial charge in [-0.05, 0) is 30.7 Å². The summed E-state index contributed by atoms with van der Waals surface area (Å²) in [5.41, 5.74) is 2.60. The Hall–Kier alpha value is -3.52. The summed E-state index contributed by atoms with van der Waals surface area (Å²) in [5, 5.41) is 0.892. The van der Waals surface area contributed by atoms with Gasteiger partial charge in [0.2, 0.25) is 0 Å². The van der Waals surface area contributed by atoms with Crippen molar-refractivity contribution in [3.8, 4) is 5.75 Å². The number of fused-ring (bicyclic) bond motifs is 1. The van der Waals surface area contributed by atoms with Gasteiger partial charge in [-0.3, -0.25) is 4.79 Å². The van der Waals surface area contributed by atoms with E-state index >= 15 is 0 Å². The van der Waals surface area contributed by atoms with Crippen molar-refractivity contribution in [2.45, 2.75) is 20.1 Å². The number of carbonyl (C=O) groups is 2. The predicted octanol–water partition coefficient (Wildman–Crippen LogP) is 3.78. The van der Waals surface area contributed by atoms with Gasteiger partial charge in [0.1, 0.15) is 18.1 Å². The van der Waals surface area contributed by atoms with Gasteiger partial charge >= 0.3 is 6.09 Å². The third-order valence-corrected chi connectivity index (χ3v) is 5.97. The van der Waals surface area contributed by atoms with E-state index in [1.54, 1.807) is 23.8 Å². The van der Waals surface area contributed by atoms with Crippen molar-refractivity contribution < 1.29 is 23.8 Å². The highest BCUT2D eigenvalue weighted by Crippen LogP contribution is 2.30. The van der Waals surface area contributed by atoms with Gasteiger partial charge in [0.05, 0.1) is 18.7 Å². The van der Waals surface area contributed by atoms with Crippen molar-refractivity contribution in [3.63, 3.8) is 0 Å². The summed E-state index contributed by atoms with van der Waals surface area (Å²) in [5.74, 6) is 0.670. The van der Waals surface area contributed by atoms with Crippen molar-refractivity contribution in [3.05, 3.63) is 65.9 Å². The number of amides is 2. The summed E-state index contributed by atoms with van der Waals surface area (Å²) in [7, 11) is 1.65. The second-order valence-electron chi connectivity index (χ2n) is 8.12. The van der Waals surface area contributed by atoms with Gasteiger partial charge in [0.15, 0.2) is 0 Å². The molecule has 0 aliphatic carbocycles. The van der Waals surface area contributed by atoms with Crippen molar-refractivity contribution in [1.82, 2.24) is 14.4 Å². The van der Waals surface area contributed by atoms with E-state index in [9.17, 15) is 9.59 Å². The molecule has 1 saturated heterocycles. The normalized spacial score (nSPS) is 13.8. The third-order valence-electron chi connectivity index (χ3n) is 5.97. The van der Waals surface area contributed by atoms with Gasteiger partial charge in [-0.2, -0.15) is 0 Å². The lowest BCUT2D eigenvalue weighted by atomic mass is 10.2. The van der Waals surface area contributed by atoms with E-state index in [0.29, 0.717) is 58.2 Å². The van der Waals surface area contributed by atoms with E-state index in [2.05, 4.69) is 0 Å². The van der Waals surface area contributed by atoms with Crippen LogP contribution in [0.1, 0.15) is 23.0 Å². The predicted molar refractivity (Wildman–Crippen MR) is 129 cm³/mol. The maximum absolute atomic E-state index is 13.5. The van der Waals surface area contributed by atoms with Gasteiger partial charge < -0.3 is 28.6 Å². The molecule has 2 aromatic carbocycles. The Morgan fingerprint density at radius 2 is 1.68 bits per heavy atom. The van der Waals surface area contributed by atoms with Crippen molar-refractivity contribution in [2.75, 3.05) is 46.5 Å². The molecule has 1 aromatic heterocycles. The lowest BCUT2D eigenvalue weighted by Crippen LogP contribution is -2.51. The van der Waals surface area contributed by atoms with E-state index in [-0.39, 0.29) is 12.0 Å². The average Bonchev–Trinajstić information content (AvgIpc) is 3.25. The van der Waals surface area contributed by atoms with Crippen molar-refractivity contribution in [1.29, 1.82) is 0 Å². The number of nitrogens with zero attached hydrogens (tertiary/aromatic N) is 3. The van der Waals surface area contributed by atoms with Crippen LogP contribution in [0.25, 0.3) is 10.9 Å². The molecule has 8 nitrogen and oxygen atoms in total. The van der Waals surface area contributed by atoms with Crippen LogP contribution in [0, 0.1) is 0 Å². The summed E-state index contributed by atoms with van der Waals surface area (Å²) in [6.45, 7) is 5.43. The summed E-state index contributed by atoms with van der Waals surface area (Å²) >= 11 is 0. The van der Waals surface area contributed by atoms with E-state index in [4.69, 9.17) is 14.2 Å². The maximum atomic E-state index is 13.5. The summed E-state index contributed by atoms with van der Waals surface area (Å²) in [6, 6.07) is 17.8. The lowest BCUT2D eigenvalue weighted by Gasteiger charge is -2.34. The molecule has 0 atom stereocenters. The van der Waals surface area contributed by atoms with Crippen LogP contribution >= 0.6 is 0 Å². The molecule has 1 fully saturated rings. The average molecular weight is 466 g/mol. The first-order valence-electron chi connectivity index (χ1n) is 11.6. The van der Waals surface area contributed by atoms with Crippen LogP contribution in [0.15, 0.2) is 54.6 Å². The highest BCUT2D eigenvalue weighted by atomic mass is 16.6. The smallest absolute Gasteiger partial charge is 0.409 e. The second kappa shape index (κ2) is 11.1. The van der Waals surface area contributed by atoms with E-state index in [0.717, 1.165) is 22.2 Å². The van der Waals surface area contributed by atoms with Gasteiger partial charge in [0, 0.05) is 45.2 Å². The third kappa shape index (κ3) is 5.17. The first-order chi connectivity index (χ1) is 16.6. The van der Waals surface area contributed by atoms with Crippen LogP contribution in [0.3, 0.4) is 0 Å². The molecule has 2 heterocycles. The molecular weight excluding hydrogens is 434 g/mol. The Morgan fingerprint density at radius 3 is 2.38 bits per heavy atom. The van der Waals surface area contributed by atoms with Gasteiger partial charge in [-0.1, -0.05) is 36.4 Å². The van der Waals surface area contributed by atoms with E-state index < -0.39 is 0 Å². The quantitative estimate of drug-likeness (QED) is 0.506. The molecule has 3 aromatic rings. The van der Waals surface area contributed by atoms with Crippen LogP contribution in [0.5, 0.6) is 5.75 Å². The number of hydrogen-bond acceptors (Lipinski definition) is 5. The fraction of sp³-hybridized carbons (Fsp3) is 0.385. The fourth-order valence-corrected chi connectivity index (χ4v) is 4.19. The standard InChI is InChI=1S/C26H31N3O5/c1-3-33-26(31)28-14-12-27(13-15-28)25(30)23-18-21-22(29(23)16-17-32-2)10-7-11-24(21)34-19-20-8-5-4-6-9-20/h4-11,18H,3,12-17,19H2,1-2H3. The first kappa shape index (κ1) is 23.6. The SMILES string of the molecule is CCOC(=O)N1CCN(C(=O)c2cc3c(OCc4ccccc4)cccc3n2CCOC)CC1. The minimum Gasteiger partial charge on any atom is -0.488 e. The van der Waals surface area contributed by atoms with Crippen molar-refractivity contribution >= 4 is 22.9 Å².